The van der Waals surface area contributed by atoms with Crippen LogP contribution in [0, 0.1) is 5.92 Å². The van der Waals surface area contributed by atoms with E-state index < -0.39 is 0 Å². The molecule has 0 unspecified atom stereocenters. The lowest BCUT2D eigenvalue weighted by atomic mass is 9.84. The van der Waals surface area contributed by atoms with E-state index in [0.717, 1.165) is 64.6 Å². The molecule has 30 heavy (non-hydrogen) atoms. The molecule has 2 saturated heterocycles. The molecule has 3 rings (SSSR count). The van der Waals surface area contributed by atoms with Gasteiger partial charge < -0.3 is 20.4 Å². The summed E-state index contributed by atoms with van der Waals surface area (Å²) in [7, 11) is 0. The number of hydrogen-bond donors (Lipinski definition) is 2. The molecule has 1 amide bonds. The number of rotatable bonds is 8. The van der Waals surface area contributed by atoms with Crippen molar-refractivity contribution in [3.8, 4) is 0 Å². The number of likely N-dealkylation sites (tertiary alicyclic amines) is 1. The van der Waals surface area contributed by atoms with E-state index in [0.29, 0.717) is 17.9 Å². The van der Waals surface area contributed by atoms with Crippen LogP contribution in [0.5, 0.6) is 0 Å². The predicted molar refractivity (Wildman–Crippen MR) is 135 cm³/mol. The highest BCUT2D eigenvalue weighted by Crippen LogP contribution is 2.28. The highest BCUT2D eigenvalue weighted by atomic mass is 127. The first-order chi connectivity index (χ1) is 14.2. The fraction of sp³-hybridized carbons (Fsp3) is 0.909. The van der Waals surface area contributed by atoms with Gasteiger partial charge in [0.15, 0.2) is 5.96 Å². The van der Waals surface area contributed by atoms with Crippen molar-refractivity contribution in [2.75, 3.05) is 65.4 Å². The van der Waals surface area contributed by atoms with Crippen molar-refractivity contribution in [1.82, 2.24) is 25.3 Å². The predicted octanol–water partition coefficient (Wildman–Crippen LogP) is 1.98. The standard InChI is InChI=1S/C22H42N6O.HI/c1-3-11-26-12-8-20(9-13-26)25-22(23-4-2)24-10-14-27-15-17-28(18-16-27)21(29)19-6-5-7-19;/h19-20H,3-18H2,1-2H3,(H2,23,24,25);1H. The quantitative estimate of drug-likeness (QED) is 0.284. The molecule has 8 heteroatoms. The zero-order chi connectivity index (χ0) is 20.5. The van der Waals surface area contributed by atoms with Crippen LogP contribution in [0.3, 0.4) is 0 Å². The molecule has 0 aromatic rings. The summed E-state index contributed by atoms with van der Waals surface area (Å²) in [6.07, 6.45) is 7.07. The molecule has 2 N–H and O–H groups in total. The average Bonchev–Trinajstić information content (AvgIpc) is 2.69. The van der Waals surface area contributed by atoms with Crippen molar-refractivity contribution >= 4 is 35.8 Å². The van der Waals surface area contributed by atoms with E-state index in [1.165, 1.54) is 45.3 Å². The van der Waals surface area contributed by atoms with Crippen LogP contribution in [0.2, 0.25) is 0 Å². The molecule has 7 nitrogen and oxygen atoms in total. The van der Waals surface area contributed by atoms with Gasteiger partial charge in [0.2, 0.25) is 5.91 Å². The first kappa shape index (κ1) is 25.6. The van der Waals surface area contributed by atoms with E-state index in [-0.39, 0.29) is 24.0 Å². The van der Waals surface area contributed by atoms with Gasteiger partial charge in [-0.1, -0.05) is 13.3 Å². The van der Waals surface area contributed by atoms with Crippen LogP contribution >= 0.6 is 24.0 Å². The smallest absolute Gasteiger partial charge is 0.225 e. The molecule has 1 aliphatic carbocycles. The molecule has 3 fully saturated rings. The Bertz CT molecular complexity index is 526. The molecule has 2 aliphatic heterocycles. The van der Waals surface area contributed by atoms with Crippen LogP contribution in [0.25, 0.3) is 0 Å². The summed E-state index contributed by atoms with van der Waals surface area (Å²) < 4.78 is 0. The second-order valence-corrected chi connectivity index (χ2v) is 8.82. The Labute approximate surface area is 200 Å². The number of carbonyl (C=O) groups excluding carboxylic acids is 1. The van der Waals surface area contributed by atoms with Crippen LogP contribution in [-0.4, -0.2) is 98.1 Å². The number of piperidine rings is 1. The summed E-state index contributed by atoms with van der Waals surface area (Å²) in [6.45, 7) is 14.4. The normalized spacial score (nSPS) is 22.3. The van der Waals surface area contributed by atoms with Crippen LogP contribution in [-0.2, 0) is 4.79 Å². The lowest BCUT2D eigenvalue weighted by Gasteiger charge is -2.38. The molecule has 2 heterocycles. The average molecular weight is 535 g/mol. The van der Waals surface area contributed by atoms with Crippen molar-refractivity contribution in [2.24, 2.45) is 10.9 Å². The highest BCUT2D eigenvalue weighted by Gasteiger charge is 2.31. The second-order valence-electron chi connectivity index (χ2n) is 8.82. The molecule has 174 valence electrons. The van der Waals surface area contributed by atoms with Crippen molar-refractivity contribution in [2.45, 2.75) is 58.4 Å². The van der Waals surface area contributed by atoms with Crippen LogP contribution in [0.1, 0.15) is 52.4 Å². The number of piperazine rings is 1. The minimum absolute atomic E-state index is 0. The topological polar surface area (TPSA) is 63.2 Å². The Morgan fingerprint density at radius 3 is 2.17 bits per heavy atom. The van der Waals surface area contributed by atoms with Crippen molar-refractivity contribution < 1.29 is 4.79 Å². The molecule has 0 bridgehead atoms. The second kappa shape index (κ2) is 13.7. The van der Waals surface area contributed by atoms with E-state index in [9.17, 15) is 4.79 Å². The molecular formula is C22H43IN6O. The van der Waals surface area contributed by atoms with Crippen LogP contribution in [0.4, 0.5) is 0 Å². The monoisotopic (exact) mass is 534 g/mol. The number of hydrogen-bond acceptors (Lipinski definition) is 4. The zero-order valence-electron chi connectivity index (χ0n) is 19.1. The third-order valence-electron chi connectivity index (χ3n) is 6.64. The van der Waals surface area contributed by atoms with E-state index in [1.807, 2.05) is 0 Å². The third kappa shape index (κ3) is 7.82. The van der Waals surface area contributed by atoms with E-state index >= 15 is 0 Å². The molecule has 0 aromatic carbocycles. The Hall–Kier alpha value is -0.610. The lowest BCUT2D eigenvalue weighted by molar-refractivity contribution is -0.139. The summed E-state index contributed by atoms with van der Waals surface area (Å²) in [6, 6.07) is 0.530. The summed E-state index contributed by atoms with van der Waals surface area (Å²) in [5.41, 5.74) is 0. The van der Waals surface area contributed by atoms with Gasteiger partial charge >= 0.3 is 0 Å². The molecule has 0 radical (unpaired) electrons. The number of nitrogens with zero attached hydrogens (tertiary/aromatic N) is 4. The Kier molecular flexibility index (Phi) is 11.7. The van der Waals surface area contributed by atoms with Crippen molar-refractivity contribution in [3.63, 3.8) is 0 Å². The van der Waals surface area contributed by atoms with Gasteiger partial charge in [0, 0.05) is 64.3 Å². The van der Waals surface area contributed by atoms with E-state index in [1.54, 1.807) is 0 Å². The maximum Gasteiger partial charge on any atom is 0.225 e. The van der Waals surface area contributed by atoms with Crippen LogP contribution < -0.4 is 10.6 Å². The number of nitrogens with one attached hydrogen (secondary N) is 2. The number of amides is 1. The minimum Gasteiger partial charge on any atom is -0.357 e. The van der Waals surface area contributed by atoms with Gasteiger partial charge in [-0.05, 0) is 45.6 Å². The van der Waals surface area contributed by atoms with E-state index in [4.69, 9.17) is 4.99 Å². The minimum atomic E-state index is 0. The Balaban J connectivity index is 0.00000320. The summed E-state index contributed by atoms with van der Waals surface area (Å²) in [4.78, 5) is 24.3. The SMILES string of the molecule is CCCN1CCC(NC(=NCCN2CCN(C(=O)C3CCC3)CC2)NCC)CC1.I. The summed E-state index contributed by atoms with van der Waals surface area (Å²) in [5, 5.41) is 7.05. The van der Waals surface area contributed by atoms with Gasteiger partial charge in [0.25, 0.3) is 0 Å². The van der Waals surface area contributed by atoms with Crippen LogP contribution in [0.15, 0.2) is 4.99 Å². The molecule has 0 spiro atoms. The Morgan fingerprint density at radius 1 is 0.933 bits per heavy atom. The molecule has 0 aromatic heterocycles. The van der Waals surface area contributed by atoms with Crippen molar-refractivity contribution in [1.29, 1.82) is 0 Å². The van der Waals surface area contributed by atoms with Crippen molar-refractivity contribution in [3.05, 3.63) is 0 Å². The fourth-order valence-corrected chi connectivity index (χ4v) is 4.54. The largest absolute Gasteiger partial charge is 0.357 e. The fourth-order valence-electron chi connectivity index (χ4n) is 4.54. The van der Waals surface area contributed by atoms with Gasteiger partial charge in [0.05, 0.1) is 6.54 Å². The molecular weight excluding hydrogens is 491 g/mol. The summed E-state index contributed by atoms with van der Waals surface area (Å²) >= 11 is 0. The molecule has 0 atom stereocenters. The van der Waals surface area contributed by atoms with Gasteiger partial charge in [0.1, 0.15) is 0 Å². The molecule has 3 aliphatic rings. The Morgan fingerprint density at radius 2 is 1.60 bits per heavy atom. The maximum absolute atomic E-state index is 12.4. The number of aliphatic imine (C=N–C) groups is 1. The molecule has 1 saturated carbocycles. The van der Waals surface area contributed by atoms with E-state index in [2.05, 4.69) is 39.2 Å². The first-order valence-corrected chi connectivity index (χ1v) is 12.0. The number of guanidine groups is 1. The van der Waals surface area contributed by atoms with Gasteiger partial charge in [-0.25, -0.2) is 0 Å². The number of carbonyl (C=O) groups is 1. The van der Waals surface area contributed by atoms with Gasteiger partial charge in [-0.2, -0.15) is 0 Å². The maximum atomic E-state index is 12.4. The summed E-state index contributed by atoms with van der Waals surface area (Å²) in [5.74, 6) is 1.69. The lowest BCUT2D eigenvalue weighted by Crippen LogP contribution is -2.51. The third-order valence-corrected chi connectivity index (χ3v) is 6.64. The zero-order valence-corrected chi connectivity index (χ0v) is 21.4. The first-order valence-electron chi connectivity index (χ1n) is 12.0. The van der Waals surface area contributed by atoms with Gasteiger partial charge in [-0.3, -0.25) is 14.7 Å². The highest BCUT2D eigenvalue weighted by molar-refractivity contribution is 14.0. The number of halogens is 1. The van der Waals surface area contributed by atoms with Gasteiger partial charge in [-0.15, -0.1) is 24.0 Å².